The molecule has 0 aliphatic heterocycles. The van der Waals surface area contributed by atoms with E-state index < -0.39 is 15.9 Å². The molecule has 0 heterocycles. The lowest BCUT2D eigenvalue weighted by Gasteiger charge is -2.12. The van der Waals surface area contributed by atoms with Gasteiger partial charge >= 0.3 is 0 Å². The first-order valence-corrected chi connectivity index (χ1v) is 8.69. The van der Waals surface area contributed by atoms with Crippen molar-refractivity contribution < 1.29 is 13.2 Å². The minimum Gasteiger partial charge on any atom is -0.322 e. The van der Waals surface area contributed by atoms with E-state index in [0.29, 0.717) is 22.4 Å². The van der Waals surface area contributed by atoms with Crippen molar-refractivity contribution in [1.82, 2.24) is 4.72 Å². The van der Waals surface area contributed by atoms with Gasteiger partial charge in [-0.2, -0.15) is 0 Å². The van der Waals surface area contributed by atoms with Gasteiger partial charge < -0.3 is 5.32 Å². The Balaban J connectivity index is 2.42. The van der Waals surface area contributed by atoms with Crippen molar-refractivity contribution in [2.75, 3.05) is 12.4 Å². The van der Waals surface area contributed by atoms with Crippen LogP contribution in [-0.2, 0) is 10.0 Å². The molecule has 2 rings (SSSR count). The highest BCUT2D eigenvalue weighted by atomic mass is 32.2. The van der Waals surface area contributed by atoms with Crippen LogP contribution >= 0.6 is 0 Å². The number of carbonyl (C=O) groups is 1. The molecule has 2 aromatic rings. The maximum Gasteiger partial charge on any atom is 0.255 e. The van der Waals surface area contributed by atoms with Crippen molar-refractivity contribution in [3.63, 3.8) is 0 Å². The molecule has 5 nitrogen and oxygen atoms in total. The first-order chi connectivity index (χ1) is 11.3. The fourth-order valence-electron chi connectivity index (χ4n) is 2.24. The molecule has 0 atom stereocenters. The minimum absolute atomic E-state index is 0.0903. The number of carbonyl (C=O) groups excluding carboxylic acids is 1. The standard InChI is InChI=1S/C18H18N2O3S/c1-5-14-7-6-8-16(10-14)20-18(21)15-9-12(2)13(3)17(11-15)24(22,23)19-4/h1,6-11,19H,2-4H3,(H,20,21). The second-order valence-electron chi connectivity index (χ2n) is 5.30. The molecule has 0 radical (unpaired) electrons. The fraction of sp³-hybridized carbons (Fsp3) is 0.167. The van der Waals surface area contributed by atoms with E-state index in [1.165, 1.54) is 13.1 Å². The Kier molecular flexibility index (Phi) is 5.07. The van der Waals surface area contributed by atoms with Crippen molar-refractivity contribution in [2.24, 2.45) is 0 Å². The number of terminal acetylenes is 1. The van der Waals surface area contributed by atoms with Gasteiger partial charge in [-0.15, -0.1) is 6.42 Å². The molecule has 124 valence electrons. The zero-order chi connectivity index (χ0) is 17.9. The molecule has 2 aromatic carbocycles. The highest BCUT2D eigenvalue weighted by Gasteiger charge is 2.19. The zero-order valence-electron chi connectivity index (χ0n) is 13.7. The SMILES string of the molecule is C#Cc1cccc(NC(=O)c2cc(C)c(C)c(S(=O)(=O)NC)c2)c1. The number of amides is 1. The lowest BCUT2D eigenvalue weighted by atomic mass is 10.1. The summed E-state index contributed by atoms with van der Waals surface area (Å²) in [6.45, 7) is 3.47. The zero-order valence-corrected chi connectivity index (χ0v) is 14.5. The van der Waals surface area contributed by atoms with Crippen LogP contribution in [0.15, 0.2) is 41.3 Å². The second kappa shape index (κ2) is 6.87. The third-order valence-electron chi connectivity index (χ3n) is 3.73. The van der Waals surface area contributed by atoms with Gasteiger partial charge in [0.2, 0.25) is 10.0 Å². The summed E-state index contributed by atoms with van der Waals surface area (Å²) in [5.41, 5.74) is 2.78. The molecular formula is C18H18N2O3S. The first-order valence-electron chi connectivity index (χ1n) is 7.21. The minimum atomic E-state index is -3.65. The smallest absolute Gasteiger partial charge is 0.255 e. The predicted octanol–water partition coefficient (Wildman–Crippen LogP) is 2.45. The van der Waals surface area contributed by atoms with E-state index in [1.54, 1.807) is 44.2 Å². The molecule has 0 saturated carbocycles. The van der Waals surface area contributed by atoms with Crippen molar-refractivity contribution in [1.29, 1.82) is 0 Å². The van der Waals surface area contributed by atoms with Gasteiger partial charge in [-0.3, -0.25) is 4.79 Å². The quantitative estimate of drug-likeness (QED) is 0.838. The molecule has 0 unspecified atom stereocenters. The van der Waals surface area contributed by atoms with Gasteiger partial charge in [0.15, 0.2) is 0 Å². The summed E-state index contributed by atoms with van der Waals surface area (Å²) >= 11 is 0. The summed E-state index contributed by atoms with van der Waals surface area (Å²) < 4.78 is 26.5. The highest BCUT2D eigenvalue weighted by molar-refractivity contribution is 7.89. The van der Waals surface area contributed by atoms with Crippen molar-refractivity contribution in [2.45, 2.75) is 18.7 Å². The van der Waals surface area contributed by atoms with E-state index in [4.69, 9.17) is 6.42 Å². The summed E-state index contributed by atoms with van der Waals surface area (Å²) in [6.07, 6.45) is 5.34. The topological polar surface area (TPSA) is 75.3 Å². The molecule has 2 N–H and O–H groups in total. The van der Waals surface area contributed by atoms with Crippen molar-refractivity contribution >= 4 is 21.6 Å². The third kappa shape index (κ3) is 3.65. The van der Waals surface area contributed by atoms with Crippen LogP contribution in [0.25, 0.3) is 0 Å². The Labute approximate surface area is 142 Å². The van der Waals surface area contributed by atoms with Crippen LogP contribution in [0.4, 0.5) is 5.69 Å². The predicted molar refractivity (Wildman–Crippen MR) is 94.5 cm³/mol. The monoisotopic (exact) mass is 342 g/mol. The molecule has 0 aromatic heterocycles. The summed E-state index contributed by atoms with van der Waals surface area (Å²) in [5, 5.41) is 2.73. The lowest BCUT2D eigenvalue weighted by Crippen LogP contribution is -2.21. The Morgan fingerprint density at radius 1 is 1.17 bits per heavy atom. The van der Waals surface area contributed by atoms with E-state index in [9.17, 15) is 13.2 Å². The second-order valence-corrected chi connectivity index (χ2v) is 7.16. The summed E-state index contributed by atoms with van der Waals surface area (Å²) in [7, 11) is -2.31. The number of hydrogen-bond acceptors (Lipinski definition) is 3. The summed E-state index contributed by atoms with van der Waals surface area (Å²) in [5.74, 6) is 2.09. The molecule has 6 heteroatoms. The van der Waals surface area contributed by atoms with E-state index in [1.807, 2.05) is 0 Å². The van der Waals surface area contributed by atoms with Crippen molar-refractivity contribution in [3.05, 3.63) is 58.7 Å². The lowest BCUT2D eigenvalue weighted by molar-refractivity contribution is 0.102. The molecular weight excluding hydrogens is 324 g/mol. The van der Waals surface area contributed by atoms with Gasteiger partial charge in [-0.1, -0.05) is 12.0 Å². The number of hydrogen-bond donors (Lipinski definition) is 2. The molecule has 0 saturated heterocycles. The van der Waals surface area contributed by atoms with Crippen LogP contribution in [0.3, 0.4) is 0 Å². The maximum atomic E-state index is 12.5. The molecule has 0 aliphatic rings. The first kappa shape index (κ1) is 17.7. The van der Waals surface area contributed by atoms with Gasteiger partial charge in [0, 0.05) is 16.8 Å². The largest absolute Gasteiger partial charge is 0.322 e. The molecule has 0 bridgehead atoms. The van der Waals surface area contributed by atoms with Gasteiger partial charge in [0.05, 0.1) is 4.90 Å². The van der Waals surface area contributed by atoms with E-state index in [0.717, 1.165) is 0 Å². The number of benzene rings is 2. The van der Waals surface area contributed by atoms with E-state index in [-0.39, 0.29) is 10.5 Å². The molecule has 0 spiro atoms. The Morgan fingerprint density at radius 2 is 1.88 bits per heavy atom. The van der Waals surface area contributed by atoms with E-state index >= 15 is 0 Å². The molecule has 0 aliphatic carbocycles. The number of anilines is 1. The van der Waals surface area contributed by atoms with Gasteiger partial charge in [-0.05, 0) is 62.4 Å². The Bertz CT molecular complexity index is 941. The number of aryl methyl sites for hydroxylation is 1. The van der Waals surface area contributed by atoms with E-state index in [2.05, 4.69) is 16.0 Å². The third-order valence-corrected chi connectivity index (χ3v) is 5.27. The normalized spacial score (nSPS) is 10.9. The summed E-state index contributed by atoms with van der Waals surface area (Å²) in [6, 6.07) is 9.90. The average Bonchev–Trinajstić information content (AvgIpc) is 2.57. The number of sulfonamides is 1. The average molecular weight is 342 g/mol. The van der Waals surface area contributed by atoms with Gasteiger partial charge in [-0.25, -0.2) is 13.1 Å². The van der Waals surface area contributed by atoms with Gasteiger partial charge in [0.25, 0.3) is 5.91 Å². The van der Waals surface area contributed by atoms with Crippen LogP contribution in [-0.4, -0.2) is 21.4 Å². The molecule has 1 amide bonds. The van der Waals surface area contributed by atoms with Crippen molar-refractivity contribution in [3.8, 4) is 12.3 Å². The summed E-state index contributed by atoms with van der Waals surface area (Å²) in [4.78, 5) is 12.6. The Morgan fingerprint density at radius 3 is 2.50 bits per heavy atom. The van der Waals surface area contributed by atoms with Crippen LogP contribution < -0.4 is 10.0 Å². The van der Waals surface area contributed by atoms with Crippen LogP contribution in [0.2, 0.25) is 0 Å². The molecule has 24 heavy (non-hydrogen) atoms. The van der Waals surface area contributed by atoms with Crippen LogP contribution in [0.1, 0.15) is 27.0 Å². The maximum absolute atomic E-state index is 12.5. The molecule has 0 fully saturated rings. The van der Waals surface area contributed by atoms with Crippen LogP contribution in [0.5, 0.6) is 0 Å². The number of rotatable bonds is 4. The van der Waals surface area contributed by atoms with Gasteiger partial charge in [0.1, 0.15) is 0 Å². The number of nitrogens with one attached hydrogen (secondary N) is 2. The fourth-order valence-corrected chi connectivity index (χ4v) is 3.30. The van der Waals surface area contributed by atoms with Crippen LogP contribution in [0, 0.1) is 26.2 Å². The Hall–Kier alpha value is -2.62. The highest BCUT2D eigenvalue weighted by Crippen LogP contribution is 2.22.